The molecule has 0 aromatic carbocycles. The maximum absolute atomic E-state index is 14.9. The van der Waals surface area contributed by atoms with Gasteiger partial charge < -0.3 is 0 Å². The summed E-state index contributed by atoms with van der Waals surface area (Å²) in [4.78, 5) is 34.8. The second-order valence-electron chi connectivity index (χ2n) is 18.2. The van der Waals surface area contributed by atoms with Crippen LogP contribution in [-0.4, -0.2) is 4.57 Å². The van der Waals surface area contributed by atoms with Crippen molar-refractivity contribution >= 4 is 65.5 Å². The third-order valence-electron chi connectivity index (χ3n) is 13.0. The maximum Gasteiger partial charge on any atom is 0.262 e. The molecule has 5 aromatic heterocycles. The lowest BCUT2D eigenvalue weighted by atomic mass is 9.94. The maximum atomic E-state index is 14.9. The molecule has 0 aliphatic heterocycles. The van der Waals surface area contributed by atoms with Crippen molar-refractivity contribution in [3.63, 3.8) is 0 Å². The van der Waals surface area contributed by atoms with E-state index in [0.717, 1.165) is 45.9 Å². The zero-order valence-electron chi connectivity index (χ0n) is 38.9. The second-order valence-corrected chi connectivity index (χ2v) is 22.1. The highest BCUT2D eigenvalue weighted by Crippen LogP contribution is 2.44. The number of unbranched alkanes of at least 4 members (excludes halogenated alkanes) is 22. The average Bonchev–Trinajstić information content (AvgIpc) is 4.10. The molecule has 1 atom stereocenters. The predicted octanol–water partition coefficient (Wildman–Crippen LogP) is 18.8. The van der Waals surface area contributed by atoms with Crippen molar-refractivity contribution in [3.05, 3.63) is 66.9 Å². The minimum atomic E-state index is -0.0818. The fraction of sp³-hybridized carbons (Fsp3) is 0.667. The molecule has 5 aromatic rings. The molecule has 3 nitrogen and oxygen atoms in total. The van der Waals surface area contributed by atoms with Gasteiger partial charge in [0, 0.05) is 26.1 Å². The molecule has 0 spiro atoms. The van der Waals surface area contributed by atoms with Crippen LogP contribution in [-0.2, 0) is 19.4 Å². The molecule has 338 valence electrons. The number of hydrogen-bond donors (Lipinski definition) is 0. The first kappa shape index (κ1) is 49.9. The van der Waals surface area contributed by atoms with Crippen LogP contribution in [0.25, 0.3) is 39.7 Å². The molecule has 61 heavy (non-hydrogen) atoms. The van der Waals surface area contributed by atoms with Crippen molar-refractivity contribution in [2.24, 2.45) is 5.92 Å². The van der Waals surface area contributed by atoms with Gasteiger partial charge in [0.1, 0.15) is 0 Å². The smallest absolute Gasteiger partial charge is 0.262 e. The fourth-order valence-corrected chi connectivity index (χ4v) is 13.9. The molecule has 0 amide bonds. The SMILES string of the molecule is CCCCCCCCCCc1ccsc1-c1cc2c(=O)n(CC(CCCCCC)CCCCCCCC)c(=O)c3cc(-c4sccc4CCCCCCCCCC)sc3c2s1. The van der Waals surface area contributed by atoms with Crippen LogP contribution in [0.1, 0.15) is 219 Å². The first-order valence-electron chi connectivity index (χ1n) is 25.3. The largest absolute Gasteiger partial charge is 0.274 e. The summed E-state index contributed by atoms with van der Waals surface area (Å²) in [6.45, 7) is 9.65. The predicted molar refractivity (Wildman–Crippen MR) is 277 cm³/mol. The van der Waals surface area contributed by atoms with Crippen molar-refractivity contribution in [2.75, 3.05) is 0 Å². The monoisotopic (exact) mass is 904 g/mol. The first-order chi connectivity index (χ1) is 30.0. The number of aromatic nitrogens is 1. The summed E-state index contributed by atoms with van der Waals surface area (Å²) >= 11 is 7.14. The third kappa shape index (κ3) is 15.6. The Hall–Kier alpha value is -2.06. The number of fused-ring (bicyclic) bond motifs is 3. The van der Waals surface area contributed by atoms with E-state index in [1.165, 1.54) is 198 Å². The Morgan fingerprint density at radius 1 is 0.459 bits per heavy atom. The van der Waals surface area contributed by atoms with Gasteiger partial charge in [-0.3, -0.25) is 14.2 Å². The Morgan fingerprint density at radius 2 is 0.803 bits per heavy atom. The van der Waals surface area contributed by atoms with E-state index in [4.69, 9.17) is 0 Å². The number of aryl methyl sites for hydroxylation is 2. The molecule has 1 unspecified atom stereocenters. The zero-order chi connectivity index (χ0) is 43.1. The van der Waals surface area contributed by atoms with Crippen LogP contribution in [0.2, 0.25) is 0 Å². The van der Waals surface area contributed by atoms with E-state index in [-0.39, 0.29) is 11.1 Å². The van der Waals surface area contributed by atoms with Crippen molar-refractivity contribution < 1.29 is 0 Å². The van der Waals surface area contributed by atoms with Crippen LogP contribution in [0.5, 0.6) is 0 Å². The molecule has 5 heterocycles. The lowest BCUT2D eigenvalue weighted by Crippen LogP contribution is -2.33. The minimum Gasteiger partial charge on any atom is -0.274 e. The zero-order valence-corrected chi connectivity index (χ0v) is 42.1. The molecule has 0 saturated carbocycles. The van der Waals surface area contributed by atoms with Gasteiger partial charge in [0.15, 0.2) is 0 Å². The summed E-state index contributed by atoms with van der Waals surface area (Å²) in [5, 5.41) is 5.95. The number of rotatable bonds is 34. The van der Waals surface area contributed by atoms with E-state index in [0.29, 0.717) is 12.5 Å². The van der Waals surface area contributed by atoms with Crippen LogP contribution >= 0.6 is 45.3 Å². The van der Waals surface area contributed by atoms with E-state index in [2.05, 4.69) is 62.7 Å². The summed E-state index contributed by atoms with van der Waals surface area (Å²) in [7, 11) is 0. The third-order valence-corrected chi connectivity index (χ3v) is 17.7. The molecule has 7 heteroatoms. The fourth-order valence-electron chi connectivity index (χ4n) is 9.26. The number of hydrogen-bond acceptors (Lipinski definition) is 6. The Labute approximate surface area is 386 Å². The minimum absolute atomic E-state index is 0.0818. The number of nitrogens with zero attached hydrogens (tertiary/aromatic N) is 1. The van der Waals surface area contributed by atoms with Gasteiger partial charge >= 0.3 is 0 Å². The lowest BCUT2D eigenvalue weighted by molar-refractivity contribution is 0.351. The van der Waals surface area contributed by atoms with E-state index in [1.54, 1.807) is 27.2 Å². The van der Waals surface area contributed by atoms with Gasteiger partial charge in [-0.1, -0.05) is 182 Å². The summed E-state index contributed by atoms with van der Waals surface area (Å²) in [6, 6.07) is 8.97. The molecule has 0 aliphatic carbocycles. The average molecular weight is 905 g/mol. The van der Waals surface area contributed by atoms with Gasteiger partial charge in [-0.2, -0.15) is 0 Å². The van der Waals surface area contributed by atoms with Gasteiger partial charge in [0.05, 0.1) is 20.2 Å². The first-order valence-corrected chi connectivity index (χ1v) is 28.7. The van der Waals surface area contributed by atoms with E-state index >= 15 is 0 Å². The molecular formula is C54H81NO2S4. The Balaban J connectivity index is 1.47. The van der Waals surface area contributed by atoms with Crippen molar-refractivity contribution in [1.29, 1.82) is 0 Å². The van der Waals surface area contributed by atoms with Crippen LogP contribution in [0, 0.1) is 5.92 Å². The molecule has 0 bridgehead atoms. The summed E-state index contributed by atoms with van der Waals surface area (Å²) < 4.78 is 3.71. The van der Waals surface area contributed by atoms with Gasteiger partial charge in [-0.25, -0.2) is 0 Å². The van der Waals surface area contributed by atoms with E-state index in [1.807, 2.05) is 22.7 Å². The quantitative estimate of drug-likeness (QED) is 0.0386. The topological polar surface area (TPSA) is 39.1 Å². The van der Waals surface area contributed by atoms with Gasteiger partial charge in [-0.15, -0.1) is 45.3 Å². The van der Waals surface area contributed by atoms with Gasteiger partial charge in [0.25, 0.3) is 11.1 Å². The van der Waals surface area contributed by atoms with Crippen LogP contribution in [0.15, 0.2) is 44.6 Å². The Morgan fingerprint density at radius 3 is 1.20 bits per heavy atom. The molecule has 0 saturated heterocycles. The number of thiophene rings is 4. The van der Waals surface area contributed by atoms with Gasteiger partial charge in [-0.05, 0) is 90.6 Å². The van der Waals surface area contributed by atoms with E-state index < -0.39 is 0 Å². The van der Waals surface area contributed by atoms with Gasteiger partial charge in [0.2, 0.25) is 0 Å². The highest BCUT2D eigenvalue weighted by Gasteiger charge is 2.22. The Kier molecular flexibility index (Phi) is 23.5. The Bertz CT molecular complexity index is 1950. The molecular weight excluding hydrogens is 823 g/mol. The normalized spacial score (nSPS) is 12.4. The molecule has 0 radical (unpaired) electrons. The van der Waals surface area contributed by atoms with Crippen LogP contribution in [0.4, 0.5) is 0 Å². The summed E-state index contributed by atoms with van der Waals surface area (Å²) in [6.07, 6.45) is 37.9. The molecule has 0 aliphatic rings. The molecule has 5 rings (SSSR count). The summed E-state index contributed by atoms with van der Waals surface area (Å²) in [5.41, 5.74) is 2.66. The lowest BCUT2D eigenvalue weighted by Gasteiger charge is -2.17. The molecule has 0 N–H and O–H groups in total. The van der Waals surface area contributed by atoms with E-state index in [9.17, 15) is 9.59 Å². The van der Waals surface area contributed by atoms with Crippen molar-refractivity contribution in [2.45, 2.75) is 227 Å². The second kappa shape index (κ2) is 28.7. The highest BCUT2D eigenvalue weighted by molar-refractivity contribution is 7.32. The standard InChI is InChI=1S/C54H81NO2S4/c1-5-9-13-17-20-22-25-29-33-43-35-37-58-49(43)47-39-45-51(60-47)52-46(40-48(61-52)50-44(36-38-59-50)34-30-26-23-21-18-14-10-6-2)54(57)55(53(45)56)41-42(31-27-16-12-8-4)32-28-24-19-15-11-7-3/h35-40,42H,5-34,41H2,1-4H3. The highest BCUT2D eigenvalue weighted by atomic mass is 32.1. The summed E-state index contributed by atoms with van der Waals surface area (Å²) in [5.74, 6) is 0.336. The van der Waals surface area contributed by atoms with Crippen LogP contribution in [0.3, 0.4) is 0 Å². The molecule has 0 fully saturated rings. The van der Waals surface area contributed by atoms with Crippen molar-refractivity contribution in [3.8, 4) is 19.5 Å². The van der Waals surface area contributed by atoms with Crippen LogP contribution < -0.4 is 11.1 Å². The van der Waals surface area contributed by atoms with Crippen molar-refractivity contribution in [1.82, 2.24) is 4.57 Å².